The molecule has 0 amide bonds. The van der Waals surface area contributed by atoms with Gasteiger partial charge in [0.15, 0.2) is 10.8 Å². The molecule has 8 rings (SSSR count). The monoisotopic (exact) mass is 1030 g/mol. The Labute approximate surface area is 423 Å². The van der Waals surface area contributed by atoms with E-state index < -0.39 is 28.1 Å². The largest absolute Gasteiger partial charge is 0.478 e. The molecule has 6 aromatic rings. The molecule has 70 heavy (non-hydrogen) atoms. The Morgan fingerprint density at radius 2 is 1.49 bits per heavy atom. The highest BCUT2D eigenvalue weighted by Crippen LogP contribution is 2.42. The second-order valence-electron chi connectivity index (χ2n) is 17.4. The standard InChI is InChI=1S/C52H56ClF4N7O3S3/c1-4-64-35(2)48(51(65)66)49(50(64)36-10-12-38(53)13-11-36)37-30-39(54)32-43(31-37)63-28-26-62(27-29-63)42-16-14-40(15-17-42)59-69-45-18-19-46(47(33-45)70(67)52(55,56)57)58-41(34-68-44-8-6-5-7-9-44)20-21-61-24-22-60(3)23-25-61/h5-19,30-33,41,58-59H,4,20-29,34H2,1-3H3,(H,65,66). The van der Waals surface area contributed by atoms with Crippen molar-refractivity contribution in [2.24, 2.45) is 0 Å². The van der Waals surface area contributed by atoms with Crippen LogP contribution < -0.4 is 19.8 Å². The Hall–Kier alpha value is -5.17. The number of aromatic carboxylic acids is 1. The van der Waals surface area contributed by atoms with Gasteiger partial charge in [-0.3, -0.25) is 0 Å². The third-order valence-corrected chi connectivity index (χ3v) is 16.2. The van der Waals surface area contributed by atoms with Crippen LogP contribution in [-0.4, -0.2) is 113 Å². The fourth-order valence-corrected chi connectivity index (χ4v) is 11.8. The van der Waals surface area contributed by atoms with Crippen molar-refractivity contribution in [3.05, 3.63) is 137 Å². The van der Waals surface area contributed by atoms with Gasteiger partial charge in [-0.05, 0) is 135 Å². The first-order valence-electron chi connectivity index (χ1n) is 23.2. The Morgan fingerprint density at radius 1 is 0.814 bits per heavy atom. The highest BCUT2D eigenvalue weighted by Gasteiger charge is 2.40. The predicted molar refractivity (Wildman–Crippen MR) is 280 cm³/mol. The van der Waals surface area contributed by atoms with E-state index in [1.807, 2.05) is 84.3 Å². The lowest BCUT2D eigenvalue weighted by Gasteiger charge is -2.37. The number of piperazine rings is 2. The summed E-state index contributed by atoms with van der Waals surface area (Å²) in [6.45, 7) is 11.3. The number of benzene rings is 5. The molecule has 0 aliphatic carbocycles. The zero-order chi connectivity index (χ0) is 49.5. The molecule has 1 aromatic heterocycles. The minimum atomic E-state index is -4.95. The van der Waals surface area contributed by atoms with E-state index >= 15 is 4.39 Å². The van der Waals surface area contributed by atoms with Crippen LogP contribution in [0.25, 0.3) is 22.4 Å². The molecule has 2 saturated heterocycles. The van der Waals surface area contributed by atoms with Crippen molar-refractivity contribution >= 4 is 74.8 Å². The van der Waals surface area contributed by atoms with Crippen molar-refractivity contribution < 1.29 is 31.7 Å². The fraction of sp³-hybridized carbons (Fsp3) is 0.327. The summed E-state index contributed by atoms with van der Waals surface area (Å²) in [5.74, 6) is -0.941. The van der Waals surface area contributed by atoms with E-state index in [4.69, 9.17) is 11.6 Å². The van der Waals surface area contributed by atoms with Gasteiger partial charge in [0.25, 0.3) is 0 Å². The van der Waals surface area contributed by atoms with Crippen LogP contribution in [0.3, 0.4) is 0 Å². The molecule has 0 spiro atoms. The quantitative estimate of drug-likeness (QED) is 0.0436. The van der Waals surface area contributed by atoms with Gasteiger partial charge in [-0.25, -0.2) is 13.4 Å². The average molecular weight is 1030 g/mol. The third kappa shape index (κ3) is 12.5. The summed E-state index contributed by atoms with van der Waals surface area (Å²) in [6, 6.07) is 34.1. The first-order valence-corrected chi connectivity index (χ1v) is 26.5. The second kappa shape index (κ2) is 22.9. The zero-order valence-electron chi connectivity index (χ0n) is 39.1. The number of alkyl halides is 3. The fourth-order valence-electron chi connectivity index (χ4n) is 9.07. The van der Waals surface area contributed by atoms with E-state index in [1.165, 1.54) is 18.2 Å². The van der Waals surface area contributed by atoms with Crippen LogP contribution in [0.2, 0.25) is 5.02 Å². The molecule has 2 aliphatic rings. The molecule has 3 N–H and O–H groups in total. The first kappa shape index (κ1) is 51.2. The number of halogens is 5. The molecule has 2 aliphatic heterocycles. The number of hydrogen-bond donors (Lipinski definition) is 3. The van der Waals surface area contributed by atoms with Crippen molar-refractivity contribution in [1.29, 1.82) is 0 Å². The van der Waals surface area contributed by atoms with E-state index in [0.29, 0.717) is 83.0 Å². The van der Waals surface area contributed by atoms with Gasteiger partial charge in [0.1, 0.15) is 5.82 Å². The van der Waals surface area contributed by atoms with Gasteiger partial charge < -0.3 is 39.3 Å². The van der Waals surface area contributed by atoms with Crippen LogP contribution in [0.5, 0.6) is 0 Å². The molecule has 10 nitrogen and oxygen atoms in total. The van der Waals surface area contributed by atoms with Gasteiger partial charge in [-0.2, -0.15) is 13.2 Å². The molecule has 3 heterocycles. The Balaban J connectivity index is 0.926. The van der Waals surface area contributed by atoms with Crippen LogP contribution in [-0.2, 0) is 17.3 Å². The molecule has 0 bridgehead atoms. The van der Waals surface area contributed by atoms with Crippen LogP contribution in [0, 0.1) is 12.7 Å². The van der Waals surface area contributed by atoms with Gasteiger partial charge >= 0.3 is 11.5 Å². The van der Waals surface area contributed by atoms with E-state index in [1.54, 1.807) is 43.0 Å². The van der Waals surface area contributed by atoms with Crippen LogP contribution >= 0.6 is 35.3 Å². The number of nitrogens with one attached hydrogen (secondary N) is 2. The van der Waals surface area contributed by atoms with Crippen LogP contribution in [0.1, 0.15) is 29.4 Å². The maximum atomic E-state index is 15.6. The number of nitrogens with zero attached hydrogens (tertiary/aromatic N) is 5. The van der Waals surface area contributed by atoms with Crippen molar-refractivity contribution in [2.75, 3.05) is 91.5 Å². The summed E-state index contributed by atoms with van der Waals surface area (Å²) in [6.07, 6.45) is 0.706. The van der Waals surface area contributed by atoms with Gasteiger partial charge in [0, 0.05) is 120 Å². The van der Waals surface area contributed by atoms with E-state index in [-0.39, 0.29) is 22.2 Å². The van der Waals surface area contributed by atoms with Gasteiger partial charge in [0.2, 0.25) is 0 Å². The number of carboxylic acids is 1. The minimum absolute atomic E-state index is 0.128. The molecule has 18 heteroatoms. The number of rotatable bonds is 18. The van der Waals surface area contributed by atoms with Gasteiger partial charge in [0.05, 0.1) is 21.8 Å². The lowest BCUT2D eigenvalue weighted by molar-refractivity contribution is -0.0384. The number of hydrogen-bond acceptors (Lipinski definition) is 10. The number of aromatic nitrogens is 1. The van der Waals surface area contributed by atoms with Crippen molar-refractivity contribution in [3.63, 3.8) is 0 Å². The number of likely N-dealkylation sites (N-methyl/N-ethyl adjacent to an activating group) is 1. The Bertz CT molecular complexity index is 2770. The molecular weight excluding hydrogens is 978 g/mol. The maximum absolute atomic E-state index is 15.6. The lowest BCUT2D eigenvalue weighted by Crippen LogP contribution is -2.46. The van der Waals surface area contributed by atoms with Crippen molar-refractivity contribution in [3.8, 4) is 22.4 Å². The number of anilines is 4. The summed E-state index contributed by atoms with van der Waals surface area (Å²) in [4.78, 5) is 23.0. The van der Waals surface area contributed by atoms with Crippen LogP contribution in [0.4, 0.5) is 40.3 Å². The summed E-state index contributed by atoms with van der Waals surface area (Å²) >= 11 is 8.99. The highest BCUT2D eigenvalue weighted by atomic mass is 35.5. The molecule has 0 saturated carbocycles. The molecule has 2 unspecified atom stereocenters. The Morgan fingerprint density at radius 3 is 2.13 bits per heavy atom. The molecule has 2 atom stereocenters. The maximum Gasteiger partial charge on any atom is 0.475 e. The number of carbonyl (C=O) groups is 1. The van der Waals surface area contributed by atoms with E-state index in [0.717, 1.165) is 66.5 Å². The lowest BCUT2D eigenvalue weighted by atomic mass is 9.96. The summed E-state index contributed by atoms with van der Waals surface area (Å²) < 4.78 is 76.3. The number of carboxylic acid groups (broad SMARTS) is 1. The topological polar surface area (TPSA) is 96.3 Å². The predicted octanol–water partition coefficient (Wildman–Crippen LogP) is 11.9. The third-order valence-electron chi connectivity index (χ3n) is 12.8. The molecule has 5 aromatic carbocycles. The molecule has 0 radical (unpaired) electrons. The minimum Gasteiger partial charge on any atom is -0.478 e. The van der Waals surface area contributed by atoms with Gasteiger partial charge in [-0.1, -0.05) is 41.9 Å². The molecular formula is C52H56ClF4N7O3S3. The first-order chi connectivity index (χ1) is 33.6. The Kier molecular flexibility index (Phi) is 16.8. The van der Waals surface area contributed by atoms with Gasteiger partial charge in [-0.15, -0.1) is 11.8 Å². The van der Waals surface area contributed by atoms with E-state index in [9.17, 15) is 27.3 Å². The normalized spacial score (nSPS) is 15.8. The SMILES string of the molecule is CCn1c(C)c(C(=O)O)c(-c2cc(F)cc(N3CCN(c4ccc(NSc5ccc(NC(CCN6CCN(C)CC6)CSc6ccccc6)c(S(=O)C(F)(F)F)c5)cc4)CC3)c2)c1-c1ccc(Cl)cc1. The summed E-state index contributed by atoms with van der Waals surface area (Å²) in [7, 11) is -1.16. The smallest absolute Gasteiger partial charge is 0.475 e. The van der Waals surface area contributed by atoms with Crippen molar-refractivity contribution in [1.82, 2.24) is 14.4 Å². The molecule has 2 fully saturated rings. The highest BCUT2D eigenvalue weighted by molar-refractivity contribution is 8.00. The second-order valence-corrected chi connectivity index (χ2v) is 21.3. The summed E-state index contributed by atoms with van der Waals surface area (Å²) in [5, 5.41) is 14.4. The zero-order valence-corrected chi connectivity index (χ0v) is 42.4. The average Bonchev–Trinajstić information content (AvgIpc) is 3.66. The van der Waals surface area contributed by atoms with E-state index in [2.05, 4.69) is 36.7 Å². The summed E-state index contributed by atoms with van der Waals surface area (Å²) in [5.41, 5.74) is 0.707. The van der Waals surface area contributed by atoms with Crippen molar-refractivity contribution in [2.45, 2.75) is 53.0 Å². The van der Waals surface area contributed by atoms with Crippen LogP contribution in [0.15, 0.2) is 130 Å². The number of thioether (sulfide) groups is 1. The molecule has 370 valence electrons.